The molecular weight excluding hydrogens is 498 g/mol. The van der Waals surface area contributed by atoms with Crippen LogP contribution in [0.1, 0.15) is 152 Å². The molecule has 0 aliphatic rings. The number of aromatic nitrogens is 3. The van der Waals surface area contributed by atoms with Gasteiger partial charge in [-0.3, -0.25) is 0 Å². The minimum absolute atomic E-state index is 0.389. The zero-order chi connectivity index (χ0) is 30.2. The normalized spacial score (nSPS) is 12.2. The predicted octanol–water partition coefficient (Wildman–Crippen LogP) is 9.98. The second kappa shape index (κ2) is 12.3. The molecule has 0 bridgehead atoms. The number of rotatable bonds is 9. The van der Waals surface area contributed by atoms with E-state index in [0.29, 0.717) is 35.5 Å². The van der Waals surface area contributed by atoms with Crippen LogP contribution < -0.4 is 9.36 Å². The van der Waals surface area contributed by atoms with Gasteiger partial charge in [0.25, 0.3) is 6.20 Å². The fourth-order valence-corrected chi connectivity index (χ4v) is 6.24. The van der Waals surface area contributed by atoms with Gasteiger partial charge in [0.1, 0.15) is 0 Å². The minimum Gasteiger partial charge on any atom is -0.0616 e. The molecule has 0 saturated carbocycles. The van der Waals surface area contributed by atoms with Gasteiger partial charge >= 0.3 is 5.69 Å². The molecule has 4 aromatic rings. The average molecular weight is 552 g/mol. The van der Waals surface area contributed by atoms with Crippen molar-refractivity contribution in [2.75, 3.05) is 0 Å². The summed E-state index contributed by atoms with van der Waals surface area (Å²) in [4.78, 5) is 0. The molecule has 0 radical (unpaired) electrons. The maximum atomic E-state index is 3.96. The van der Waals surface area contributed by atoms with Gasteiger partial charge in [-0.15, -0.1) is 0 Å². The van der Waals surface area contributed by atoms with Crippen molar-refractivity contribution in [2.45, 2.75) is 119 Å². The predicted molar refractivity (Wildman–Crippen MR) is 174 cm³/mol. The van der Waals surface area contributed by atoms with Crippen LogP contribution in [0.4, 0.5) is 0 Å². The lowest BCUT2D eigenvalue weighted by Gasteiger charge is -2.17. The SMILES string of the molecule is CC(C)c1cccc(C(C)C)c1-c1c[n+](-c2c(C(C)C)cccc2C(C)C)[nH][n+]1-c1c(C(C)C)cccc1C(C)C. The summed E-state index contributed by atoms with van der Waals surface area (Å²) < 4.78 is 4.74. The first kappa shape index (κ1) is 30.8. The summed E-state index contributed by atoms with van der Waals surface area (Å²) in [6.45, 7) is 27.7. The van der Waals surface area contributed by atoms with Crippen molar-refractivity contribution in [3.05, 3.63) is 94.2 Å². The molecule has 0 atom stereocenters. The molecule has 1 aromatic heterocycles. The van der Waals surface area contributed by atoms with E-state index in [1.54, 1.807) is 0 Å². The number of H-pyrrole nitrogens is 1. The van der Waals surface area contributed by atoms with Gasteiger partial charge in [0, 0.05) is 27.5 Å². The Bertz CT molecular complexity index is 1340. The number of nitrogens with zero attached hydrogens (tertiary/aromatic N) is 2. The molecule has 0 aliphatic heterocycles. The van der Waals surface area contributed by atoms with E-state index in [1.165, 1.54) is 56.0 Å². The van der Waals surface area contributed by atoms with Gasteiger partial charge in [-0.05, 0) is 56.0 Å². The van der Waals surface area contributed by atoms with E-state index in [1.807, 2.05) is 0 Å². The van der Waals surface area contributed by atoms with Gasteiger partial charge in [-0.1, -0.05) is 138 Å². The van der Waals surface area contributed by atoms with Crippen molar-refractivity contribution in [2.24, 2.45) is 0 Å². The number of nitrogens with one attached hydrogen (secondary N) is 1. The Morgan fingerprint density at radius 1 is 0.439 bits per heavy atom. The molecule has 1 heterocycles. The Morgan fingerprint density at radius 3 is 1.10 bits per heavy atom. The highest BCUT2D eigenvalue weighted by atomic mass is 15.5. The molecule has 0 aliphatic carbocycles. The van der Waals surface area contributed by atoms with Crippen molar-refractivity contribution in [3.8, 4) is 22.6 Å². The molecule has 3 nitrogen and oxygen atoms in total. The van der Waals surface area contributed by atoms with E-state index in [-0.39, 0.29) is 0 Å². The average Bonchev–Trinajstić information content (AvgIpc) is 3.35. The summed E-state index contributed by atoms with van der Waals surface area (Å²) in [6, 6.07) is 20.6. The highest BCUT2D eigenvalue weighted by Gasteiger charge is 2.37. The topological polar surface area (TPSA) is 23.5 Å². The standard InChI is InChI=1S/C38H52N3/c1-23(2)29-16-13-17-30(24(3)4)36(29)35-22-40(37-31(25(5)6)18-14-19-32(37)26(7)8)39-41(35)38-33(27(9)10)20-15-21-34(38)28(11)12/h13-28H,1-12H3/q+1/p+1. The fourth-order valence-electron chi connectivity index (χ4n) is 6.24. The largest absolute Gasteiger partial charge is 0.315 e. The lowest BCUT2D eigenvalue weighted by atomic mass is 9.86. The molecule has 218 valence electrons. The van der Waals surface area contributed by atoms with E-state index in [9.17, 15) is 0 Å². The van der Waals surface area contributed by atoms with Gasteiger partial charge in [0.15, 0.2) is 0 Å². The van der Waals surface area contributed by atoms with Gasteiger partial charge < -0.3 is 0 Å². The van der Waals surface area contributed by atoms with Gasteiger partial charge in [0.05, 0.1) is 5.56 Å². The summed E-state index contributed by atoms with van der Waals surface area (Å²) in [5.41, 5.74) is 13.4. The molecule has 0 spiro atoms. The van der Waals surface area contributed by atoms with Crippen molar-refractivity contribution < 1.29 is 9.36 Å². The molecule has 0 unspecified atom stereocenters. The third-order valence-electron chi connectivity index (χ3n) is 8.48. The van der Waals surface area contributed by atoms with Crippen LogP contribution in [0.3, 0.4) is 0 Å². The van der Waals surface area contributed by atoms with Gasteiger partial charge in [0.2, 0.25) is 11.4 Å². The van der Waals surface area contributed by atoms with Gasteiger partial charge in [-0.2, -0.15) is 0 Å². The van der Waals surface area contributed by atoms with E-state index in [2.05, 4.69) is 158 Å². The lowest BCUT2D eigenvalue weighted by molar-refractivity contribution is -0.803. The highest BCUT2D eigenvalue weighted by molar-refractivity contribution is 5.67. The van der Waals surface area contributed by atoms with Crippen LogP contribution in [0, 0.1) is 0 Å². The Hall–Kier alpha value is -3.20. The Balaban J connectivity index is 2.24. The first-order chi connectivity index (χ1) is 19.3. The fraction of sp³-hybridized carbons (Fsp3) is 0.474. The monoisotopic (exact) mass is 551 g/mol. The summed E-state index contributed by atoms with van der Waals surface area (Å²) in [5.74, 6) is 2.39. The van der Waals surface area contributed by atoms with Crippen molar-refractivity contribution in [3.63, 3.8) is 0 Å². The molecule has 0 saturated heterocycles. The Morgan fingerprint density at radius 2 is 0.756 bits per heavy atom. The third-order valence-corrected chi connectivity index (χ3v) is 8.48. The van der Waals surface area contributed by atoms with E-state index in [4.69, 9.17) is 0 Å². The zero-order valence-corrected chi connectivity index (χ0v) is 27.6. The molecule has 0 amide bonds. The number of aromatic amines is 1. The third kappa shape index (κ3) is 5.92. The van der Waals surface area contributed by atoms with E-state index >= 15 is 0 Å². The van der Waals surface area contributed by atoms with Crippen LogP contribution in [0.5, 0.6) is 0 Å². The van der Waals surface area contributed by atoms with Crippen LogP contribution in [0.25, 0.3) is 22.6 Å². The lowest BCUT2D eigenvalue weighted by Crippen LogP contribution is -2.46. The maximum Gasteiger partial charge on any atom is 0.315 e. The molecular formula is C38H53N3+2. The number of benzene rings is 3. The first-order valence-corrected chi connectivity index (χ1v) is 15.8. The second-order valence-electron chi connectivity index (χ2n) is 13.6. The summed E-state index contributed by atoms with van der Waals surface area (Å²) in [5, 5.41) is 3.96. The molecule has 41 heavy (non-hydrogen) atoms. The number of para-hydroxylation sites is 2. The van der Waals surface area contributed by atoms with Crippen molar-refractivity contribution in [1.29, 1.82) is 0 Å². The summed E-state index contributed by atoms with van der Waals surface area (Å²) in [7, 11) is 0. The number of hydrogen-bond donors (Lipinski definition) is 1. The molecule has 4 rings (SSSR count). The van der Waals surface area contributed by atoms with E-state index < -0.39 is 0 Å². The number of hydrogen-bond acceptors (Lipinski definition) is 0. The summed E-state index contributed by atoms with van der Waals surface area (Å²) >= 11 is 0. The van der Waals surface area contributed by atoms with Crippen molar-refractivity contribution in [1.82, 2.24) is 5.21 Å². The quantitative estimate of drug-likeness (QED) is 0.200. The van der Waals surface area contributed by atoms with Crippen LogP contribution in [0.15, 0.2) is 60.8 Å². The first-order valence-electron chi connectivity index (χ1n) is 15.8. The Labute approximate surface area is 249 Å². The second-order valence-corrected chi connectivity index (χ2v) is 13.6. The molecule has 3 aromatic carbocycles. The van der Waals surface area contributed by atoms with E-state index in [0.717, 1.165) is 0 Å². The minimum atomic E-state index is 0.389. The highest BCUT2D eigenvalue weighted by Crippen LogP contribution is 2.37. The molecule has 0 fully saturated rings. The van der Waals surface area contributed by atoms with Gasteiger partial charge in [-0.25, -0.2) is 0 Å². The molecule has 3 heteroatoms. The van der Waals surface area contributed by atoms with Crippen LogP contribution in [0.2, 0.25) is 0 Å². The maximum absolute atomic E-state index is 3.96. The van der Waals surface area contributed by atoms with Crippen LogP contribution >= 0.6 is 0 Å². The Kier molecular flexibility index (Phi) is 9.26. The van der Waals surface area contributed by atoms with Crippen LogP contribution in [-0.2, 0) is 0 Å². The zero-order valence-electron chi connectivity index (χ0n) is 27.6. The summed E-state index contributed by atoms with van der Waals surface area (Å²) in [6.07, 6.45) is 2.38. The molecule has 1 N–H and O–H groups in total. The van der Waals surface area contributed by atoms with Crippen molar-refractivity contribution >= 4 is 0 Å². The smallest absolute Gasteiger partial charge is 0.0616 e. The van der Waals surface area contributed by atoms with Crippen LogP contribution in [-0.4, -0.2) is 5.21 Å².